The SMILES string of the molecule is CC1=C[C@]2(C=C(CO)[C@H]3CC(=O)C(C)=C[C@H]3O2)O[C@H]([C@H]2C(C)(C)[C@H]3CC[C@]2(C)O3)C1. The standard InChI is InChI=1S/C25H34O5/c1-14-8-20(22-23(3,4)21-6-7-24(22,5)30-21)29-25(11-14)12-16(13-26)17-10-18(27)15(2)9-19(17)28-25/h9,11-12,17,19-22,26H,6-8,10,13H2,1-5H3/t17-,19-,20+,21-,22+,24+,25-/m1/s1. The maximum absolute atomic E-state index is 12.2. The van der Waals surface area contributed by atoms with Gasteiger partial charge in [-0.15, -0.1) is 0 Å². The number of fused-ring (bicyclic) bond motifs is 3. The molecule has 5 heteroatoms. The first-order valence-corrected chi connectivity index (χ1v) is 11.3. The highest BCUT2D eigenvalue weighted by atomic mass is 16.7. The van der Waals surface area contributed by atoms with Crippen molar-refractivity contribution in [3.8, 4) is 0 Å². The Morgan fingerprint density at radius 1 is 1.10 bits per heavy atom. The van der Waals surface area contributed by atoms with E-state index in [9.17, 15) is 9.90 Å². The number of carbonyl (C=O) groups is 1. The molecular weight excluding hydrogens is 380 g/mol. The molecule has 164 valence electrons. The van der Waals surface area contributed by atoms with Gasteiger partial charge in [-0.1, -0.05) is 19.4 Å². The van der Waals surface area contributed by atoms with Gasteiger partial charge in [0.15, 0.2) is 5.78 Å². The molecule has 30 heavy (non-hydrogen) atoms. The second kappa shape index (κ2) is 6.61. The highest BCUT2D eigenvalue weighted by Crippen LogP contribution is 2.61. The summed E-state index contributed by atoms with van der Waals surface area (Å²) < 4.78 is 19.8. The fourth-order valence-corrected chi connectivity index (χ4v) is 6.99. The first-order chi connectivity index (χ1) is 14.1. The number of hydrogen-bond donors (Lipinski definition) is 1. The molecule has 4 aliphatic heterocycles. The van der Waals surface area contributed by atoms with E-state index in [4.69, 9.17) is 14.2 Å². The molecule has 1 aliphatic carbocycles. The van der Waals surface area contributed by atoms with Gasteiger partial charge in [0, 0.05) is 18.3 Å². The lowest BCUT2D eigenvalue weighted by atomic mass is 9.61. The number of rotatable bonds is 2. The van der Waals surface area contributed by atoms with Crippen molar-refractivity contribution in [3.63, 3.8) is 0 Å². The number of carbonyl (C=O) groups excluding carboxylic acids is 1. The van der Waals surface area contributed by atoms with Crippen molar-refractivity contribution in [1.29, 1.82) is 0 Å². The quantitative estimate of drug-likeness (QED) is 0.695. The molecule has 5 rings (SSSR count). The summed E-state index contributed by atoms with van der Waals surface area (Å²) in [4.78, 5) is 12.2. The number of aliphatic hydroxyl groups is 1. The molecule has 0 aromatic rings. The van der Waals surface area contributed by atoms with Crippen LogP contribution in [-0.4, -0.2) is 47.2 Å². The molecule has 0 aromatic heterocycles. The summed E-state index contributed by atoms with van der Waals surface area (Å²) in [6.07, 6.45) is 9.28. The summed E-state index contributed by atoms with van der Waals surface area (Å²) in [6, 6.07) is 0. The Morgan fingerprint density at radius 3 is 2.53 bits per heavy atom. The van der Waals surface area contributed by atoms with Gasteiger partial charge < -0.3 is 19.3 Å². The summed E-state index contributed by atoms with van der Waals surface area (Å²) in [5, 5.41) is 10.1. The Balaban J connectivity index is 1.51. The van der Waals surface area contributed by atoms with E-state index in [0.717, 1.165) is 30.4 Å². The van der Waals surface area contributed by atoms with E-state index in [1.54, 1.807) is 0 Å². The number of ketones is 1. The molecule has 0 unspecified atom stereocenters. The van der Waals surface area contributed by atoms with Crippen LogP contribution in [0.3, 0.4) is 0 Å². The van der Waals surface area contributed by atoms with Crippen molar-refractivity contribution in [3.05, 3.63) is 34.9 Å². The smallest absolute Gasteiger partial charge is 0.209 e. The minimum absolute atomic E-state index is 0.0247. The van der Waals surface area contributed by atoms with Crippen LogP contribution in [0.15, 0.2) is 34.9 Å². The number of Topliss-reactive ketones (excluding diaryl/α,β-unsaturated/α-hetero) is 1. The molecule has 2 saturated heterocycles. The summed E-state index contributed by atoms with van der Waals surface area (Å²) in [6.45, 7) is 10.7. The Labute approximate surface area is 179 Å². The average molecular weight is 415 g/mol. The minimum atomic E-state index is -1.00. The normalized spacial score (nSPS) is 47.1. The van der Waals surface area contributed by atoms with Crippen LogP contribution >= 0.6 is 0 Å². The predicted molar refractivity (Wildman–Crippen MR) is 113 cm³/mol. The van der Waals surface area contributed by atoms with Gasteiger partial charge in [-0.2, -0.15) is 0 Å². The summed E-state index contributed by atoms with van der Waals surface area (Å²) >= 11 is 0. The second-order valence-electron chi connectivity index (χ2n) is 10.9. The number of allylic oxidation sites excluding steroid dienone is 1. The number of hydrogen-bond acceptors (Lipinski definition) is 5. The van der Waals surface area contributed by atoms with Gasteiger partial charge in [0.2, 0.25) is 5.79 Å². The van der Waals surface area contributed by atoms with Crippen molar-refractivity contribution in [2.75, 3.05) is 6.61 Å². The van der Waals surface area contributed by atoms with Crippen molar-refractivity contribution in [2.45, 2.75) is 90.0 Å². The van der Waals surface area contributed by atoms with Crippen LogP contribution in [0.4, 0.5) is 0 Å². The predicted octanol–water partition coefficient (Wildman–Crippen LogP) is 3.86. The molecular formula is C25H34O5. The molecule has 0 amide bonds. The Bertz CT molecular complexity index is 862. The van der Waals surface area contributed by atoms with Gasteiger partial charge in [0.1, 0.15) is 0 Å². The third-order valence-electron chi connectivity index (χ3n) is 8.30. The van der Waals surface area contributed by atoms with Gasteiger partial charge in [-0.25, -0.2) is 0 Å². The van der Waals surface area contributed by atoms with Gasteiger partial charge in [-0.3, -0.25) is 4.79 Å². The van der Waals surface area contributed by atoms with E-state index in [1.807, 2.05) is 19.1 Å². The first kappa shape index (κ1) is 20.6. The third-order valence-corrected chi connectivity index (χ3v) is 8.30. The monoisotopic (exact) mass is 414 g/mol. The lowest BCUT2D eigenvalue weighted by Gasteiger charge is -2.50. The minimum Gasteiger partial charge on any atom is -0.392 e. The van der Waals surface area contributed by atoms with E-state index < -0.39 is 5.79 Å². The van der Waals surface area contributed by atoms with Crippen LogP contribution in [0.5, 0.6) is 0 Å². The number of ether oxygens (including phenoxy) is 3. The lowest BCUT2D eigenvalue weighted by Crippen LogP contribution is -2.55. The third kappa shape index (κ3) is 2.93. The van der Waals surface area contributed by atoms with Crippen LogP contribution in [0.1, 0.15) is 60.3 Å². The van der Waals surface area contributed by atoms with Crippen LogP contribution in [0, 0.1) is 17.3 Å². The molecule has 0 radical (unpaired) electrons. The van der Waals surface area contributed by atoms with Gasteiger partial charge in [0.25, 0.3) is 0 Å². The summed E-state index contributed by atoms with van der Waals surface area (Å²) in [7, 11) is 0. The molecule has 0 saturated carbocycles. The lowest BCUT2D eigenvalue weighted by molar-refractivity contribution is -0.252. The fraction of sp³-hybridized carbons (Fsp3) is 0.720. The van der Waals surface area contributed by atoms with Gasteiger partial charge in [-0.05, 0) is 74.8 Å². The van der Waals surface area contributed by atoms with E-state index in [2.05, 4.69) is 33.8 Å². The molecule has 4 heterocycles. The Morgan fingerprint density at radius 2 is 1.87 bits per heavy atom. The maximum Gasteiger partial charge on any atom is 0.209 e. The van der Waals surface area contributed by atoms with Crippen LogP contribution in [-0.2, 0) is 19.0 Å². The summed E-state index contributed by atoms with van der Waals surface area (Å²) in [5.41, 5.74) is 2.65. The molecule has 0 aromatic carbocycles. The molecule has 7 atom stereocenters. The zero-order valence-electron chi connectivity index (χ0n) is 18.7. The number of aliphatic hydroxyl groups excluding tert-OH is 1. The van der Waals surface area contributed by atoms with E-state index in [1.165, 1.54) is 5.57 Å². The van der Waals surface area contributed by atoms with Crippen LogP contribution in [0.2, 0.25) is 0 Å². The van der Waals surface area contributed by atoms with Gasteiger partial charge >= 0.3 is 0 Å². The molecule has 1 N–H and O–H groups in total. The Hall–Kier alpha value is -1.27. The molecule has 5 nitrogen and oxygen atoms in total. The van der Waals surface area contributed by atoms with E-state index in [-0.39, 0.29) is 53.6 Å². The fourth-order valence-electron chi connectivity index (χ4n) is 6.99. The average Bonchev–Trinajstić information content (AvgIpc) is 3.13. The van der Waals surface area contributed by atoms with Crippen molar-refractivity contribution < 1.29 is 24.1 Å². The summed E-state index contributed by atoms with van der Waals surface area (Å²) in [5.74, 6) is -0.730. The largest absolute Gasteiger partial charge is 0.392 e. The molecule has 5 aliphatic rings. The zero-order chi connectivity index (χ0) is 21.5. The zero-order valence-corrected chi connectivity index (χ0v) is 18.7. The second-order valence-corrected chi connectivity index (χ2v) is 10.9. The Kier molecular flexibility index (Phi) is 4.55. The van der Waals surface area contributed by atoms with Crippen LogP contribution < -0.4 is 0 Å². The van der Waals surface area contributed by atoms with Crippen molar-refractivity contribution in [2.24, 2.45) is 17.3 Å². The van der Waals surface area contributed by atoms with E-state index >= 15 is 0 Å². The topological polar surface area (TPSA) is 65.0 Å². The molecule has 2 bridgehead atoms. The molecule has 2 fully saturated rings. The van der Waals surface area contributed by atoms with Crippen molar-refractivity contribution in [1.82, 2.24) is 0 Å². The van der Waals surface area contributed by atoms with Crippen molar-refractivity contribution >= 4 is 5.78 Å². The van der Waals surface area contributed by atoms with Gasteiger partial charge in [0.05, 0.1) is 30.5 Å². The molecule has 1 spiro atoms. The van der Waals surface area contributed by atoms with Crippen LogP contribution in [0.25, 0.3) is 0 Å². The highest BCUT2D eigenvalue weighted by molar-refractivity contribution is 5.96. The maximum atomic E-state index is 12.2. The first-order valence-electron chi connectivity index (χ1n) is 11.3. The van der Waals surface area contributed by atoms with E-state index in [0.29, 0.717) is 6.42 Å². The highest BCUT2D eigenvalue weighted by Gasteiger charge is 2.64.